The number of rotatable bonds is 2. The third-order valence-electron chi connectivity index (χ3n) is 3.44. The van der Waals surface area contributed by atoms with Crippen molar-refractivity contribution < 1.29 is 14.3 Å². The van der Waals surface area contributed by atoms with Crippen molar-refractivity contribution in [3.63, 3.8) is 0 Å². The molecule has 0 bridgehead atoms. The molecule has 0 spiro atoms. The van der Waals surface area contributed by atoms with Crippen molar-refractivity contribution in [3.8, 4) is 0 Å². The van der Waals surface area contributed by atoms with Crippen LogP contribution in [0.15, 0.2) is 41.7 Å². The fourth-order valence-corrected chi connectivity index (χ4v) is 3.53. The predicted molar refractivity (Wildman–Crippen MR) is 75.4 cm³/mol. The average molecular weight is 262 g/mol. The van der Waals surface area contributed by atoms with Crippen LogP contribution in [-0.4, -0.2) is 16.9 Å². The summed E-state index contributed by atoms with van der Waals surface area (Å²) in [6.45, 7) is 0. The second-order valence-electron chi connectivity index (χ2n) is 4.52. The Kier molecular flexibility index (Phi) is 2.72. The molecule has 3 nitrogen and oxygen atoms in total. The molecule has 0 fully saturated rings. The number of allylic oxidation sites excluding steroid dienone is 1. The first-order chi connectivity index (χ1) is 8.62. The Balaban J connectivity index is 2.24. The van der Waals surface area contributed by atoms with Gasteiger partial charge in [0.1, 0.15) is 0 Å². The van der Waals surface area contributed by atoms with Gasteiger partial charge in [-0.2, -0.15) is 0 Å². The van der Waals surface area contributed by atoms with E-state index in [2.05, 4.69) is 12.1 Å². The summed E-state index contributed by atoms with van der Waals surface area (Å²) in [6, 6.07) is 12.1. The van der Waals surface area contributed by atoms with Gasteiger partial charge in [-0.1, -0.05) is 0 Å². The van der Waals surface area contributed by atoms with E-state index >= 15 is 0 Å². The second kappa shape index (κ2) is 4.15. The van der Waals surface area contributed by atoms with E-state index in [1.807, 2.05) is 30.3 Å². The van der Waals surface area contributed by atoms with Crippen molar-refractivity contribution in [3.05, 3.63) is 52.8 Å². The second-order valence-corrected chi connectivity index (χ2v) is 6.79. The zero-order chi connectivity index (χ0) is 12.8. The molecule has 0 amide bonds. The van der Waals surface area contributed by atoms with Crippen molar-refractivity contribution in [2.24, 2.45) is 0 Å². The van der Waals surface area contributed by atoms with E-state index in [0.717, 1.165) is 11.1 Å². The van der Waals surface area contributed by atoms with Crippen LogP contribution in [-0.2, 0) is 10.9 Å². The van der Waals surface area contributed by atoms with Gasteiger partial charge >= 0.3 is 105 Å². The SMILES string of the molecule is CO[PH](O)(O)C1=Cc2cccc3cccc(c23)C1. The minimum atomic E-state index is -3.70. The van der Waals surface area contributed by atoms with Gasteiger partial charge in [-0.05, 0) is 0 Å². The Hall–Kier alpha value is -1.25. The fourth-order valence-electron chi connectivity index (χ4n) is 2.50. The molecule has 0 radical (unpaired) electrons. The molecule has 0 unspecified atom stereocenters. The van der Waals surface area contributed by atoms with E-state index in [9.17, 15) is 9.79 Å². The van der Waals surface area contributed by atoms with Crippen LogP contribution in [0.1, 0.15) is 11.1 Å². The van der Waals surface area contributed by atoms with Crippen LogP contribution in [0.25, 0.3) is 16.8 Å². The van der Waals surface area contributed by atoms with Gasteiger partial charge in [-0.15, -0.1) is 0 Å². The van der Waals surface area contributed by atoms with Gasteiger partial charge in [0.05, 0.1) is 0 Å². The van der Waals surface area contributed by atoms with Crippen molar-refractivity contribution >= 4 is 24.8 Å². The molecule has 0 aliphatic heterocycles. The molecule has 0 saturated heterocycles. The van der Waals surface area contributed by atoms with Crippen LogP contribution >= 0.6 is 7.94 Å². The molecule has 2 aromatic rings. The van der Waals surface area contributed by atoms with E-state index in [1.54, 1.807) is 0 Å². The molecule has 2 aromatic carbocycles. The molecule has 4 heteroatoms. The summed E-state index contributed by atoms with van der Waals surface area (Å²) in [5, 5.41) is 2.97. The molecular formula is C14H15O3P. The first kappa shape index (κ1) is 11.8. The van der Waals surface area contributed by atoms with Crippen LogP contribution in [0.2, 0.25) is 0 Å². The minimum absolute atomic E-state index is 0.543. The molecule has 0 heterocycles. The maximum atomic E-state index is 9.93. The summed E-state index contributed by atoms with van der Waals surface area (Å²) >= 11 is 0. The molecule has 2 N–H and O–H groups in total. The maximum absolute atomic E-state index is 9.93. The molecule has 1 aliphatic rings. The van der Waals surface area contributed by atoms with Crippen molar-refractivity contribution in [2.45, 2.75) is 6.42 Å². The van der Waals surface area contributed by atoms with Crippen LogP contribution in [0.4, 0.5) is 0 Å². The van der Waals surface area contributed by atoms with Crippen LogP contribution < -0.4 is 0 Å². The van der Waals surface area contributed by atoms with Gasteiger partial charge in [0.25, 0.3) is 0 Å². The standard InChI is InChI=1S/C14H15O3P/c1-17-18(15,16)13-8-11-6-2-4-10-5-3-7-12(9-13)14(10)11/h2-8,15-16,18H,9H2,1H3. The Morgan fingerprint density at radius 1 is 1.11 bits per heavy atom. The Morgan fingerprint density at radius 2 is 1.83 bits per heavy atom. The summed E-state index contributed by atoms with van der Waals surface area (Å²) in [5.74, 6) is 0. The van der Waals surface area contributed by atoms with E-state index in [-0.39, 0.29) is 0 Å². The van der Waals surface area contributed by atoms with E-state index in [1.165, 1.54) is 17.9 Å². The van der Waals surface area contributed by atoms with Crippen molar-refractivity contribution in [2.75, 3.05) is 7.11 Å². The van der Waals surface area contributed by atoms with Gasteiger partial charge in [-0.3, -0.25) is 0 Å². The summed E-state index contributed by atoms with van der Waals surface area (Å²) < 4.78 is 4.87. The van der Waals surface area contributed by atoms with E-state index in [0.29, 0.717) is 11.7 Å². The Bertz CT molecular complexity index is 641. The van der Waals surface area contributed by atoms with Gasteiger partial charge in [0.2, 0.25) is 0 Å². The first-order valence-corrected chi connectivity index (χ1v) is 7.63. The van der Waals surface area contributed by atoms with Crippen molar-refractivity contribution in [1.29, 1.82) is 0 Å². The number of hydrogen-bond acceptors (Lipinski definition) is 3. The van der Waals surface area contributed by atoms with Crippen LogP contribution in [0, 0.1) is 0 Å². The van der Waals surface area contributed by atoms with Gasteiger partial charge in [0, 0.05) is 0 Å². The quantitative estimate of drug-likeness (QED) is 0.818. The van der Waals surface area contributed by atoms with Crippen LogP contribution in [0.5, 0.6) is 0 Å². The fraction of sp³-hybridized carbons (Fsp3) is 0.143. The first-order valence-electron chi connectivity index (χ1n) is 5.83. The summed E-state index contributed by atoms with van der Waals surface area (Å²) in [4.78, 5) is 19.9. The molecule has 1 aliphatic carbocycles. The molecule has 18 heavy (non-hydrogen) atoms. The molecular weight excluding hydrogens is 247 g/mol. The normalized spacial score (nSPS) is 15.6. The van der Waals surface area contributed by atoms with E-state index < -0.39 is 7.94 Å². The summed E-state index contributed by atoms with van der Waals surface area (Å²) in [6.07, 6.45) is 2.40. The molecule has 94 valence electrons. The number of hydrogen-bond donors (Lipinski definition) is 2. The van der Waals surface area contributed by atoms with Gasteiger partial charge < -0.3 is 0 Å². The molecule has 0 saturated carbocycles. The van der Waals surface area contributed by atoms with Crippen LogP contribution in [0.3, 0.4) is 0 Å². The predicted octanol–water partition coefficient (Wildman–Crippen LogP) is 2.86. The molecule has 0 atom stereocenters. The Morgan fingerprint density at radius 3 is 2.56 bits per heavy atom. The topological polar surface area (TPSA) is 49.7 Å². The average Bonchev–Trinajstić information content (AvgIpc) is 2.39. The number of benzene rings is 2. The van der Waals surface area contributed by atoms with Crippen molar-refractivity contribution in [1.82, 2.24) is 0 Å². The third-order valence-corrected chi connectivity index (χ3v) is 5.16. The zero-order valence-corrected chi connectivity index (χ0v) is 11.1. The third kappa shape index (κ3) is 1.76. The summed E-state index contributed by atoms with van der Waals surface area (Å²) in [5.41, 5.74) is 2.15. The van der Waals surface area contributed by atoms with Gasteiger partial charge in [-0.25, -0.2) is 0 Å². The Labute approximate surface area is 106 Å². The monoisotopic (exact) mass is 262 g/mol. The van der Waals surface area contributed by atoms with Gasteiger partial charge in [0.15, 0.2) is 0 Å². The molecule has 3 rings (SSSR count). The van der Waals surface area contributed by atoms with E-state index in [4.69, 9.17) is 4.52 Å². The molecule has 0 aromatic heterocycles. The zero-order valence-electron chi connectivity index (χ0n) is 10.1. The summed E-state index contributed by atoms with van der Waals surface area (Å²) in [7, 11) is -2.36.